The fourth-order valence-electron chi connectivity index (χ4n) is 2.15. The van der Waals surface area contributed by atoms with Gasteiger partial charge in [0, 0.05) is 17.2 Å². The van der Waals surface area contributed by atoms with Gasteiger partial charge in [-0.25, -0.2) is 4.98 Å². The molecule has 1 saturated heterocycles. The number of carbonyl (C=O) groups excluding carboxylic acids is 1. The van der Waals surface area contributed by atoms with Crippen LogP contribution >= 0.6 is 15.9 Å². The van der Waals surface area contributed by atoms with Crippen LogP contribution in [0.1, 0.15) is 12.0 Å². The first-order valence-electron chi connectivity index (χ1n) is 5.97. The molecule has 0 bridgehead atoms. The molecule has 2 rings (SSSR count). The van der Waals surface area contributed by atoms with Crippen LogP contribution in [0.25, 0.3) is 0 Å². The Kier molecular flexibility index (Phi) is 4.06. The van der Waals surface area contributed by atoms with Crippen LogP contribution in [0.2, 0.25) is 0 Å². The van der Waals surface area contributed by atoms with Gasteiger partial charge in [0.1, 0.15) is 5.82 Å². The number of rotatable bonds is 2. The highest BCUT2D eigenvalue weighted by Gasteiger charge is 2.61. The van der Waals surface area contributed by atoms with Gasteiger partial charge >= 0.3 is 6.18 Å². The van der Waals surface area contributed by atoms with Crippen molar-refractivity contribution in [1.29, 1.82) is 0 Å². The van der Waals surface area contributed by atoms with Crippen LogP contribution in [0.3, 0.4) is 0 Å². The van der Waals surface area contributed by atoms with Crippen LogP contribution in [0.15, 0.2) is 16.7 Å². The largest absolute Gasteiger partial charge is 0.404 e. The Bertz CT molecular complexity index is 527. The van der Waals surface area contributed by atoms with Crippen molar-refractivity contribution >= 4 is 27.7 Å². The monoisotopic (exact) mass is 351 g/mol. The van der Waals surface area contributed by atoms with Gasteiger partial charge < -0.3 is 10.6 Å². The molecule has 1 fully saturated rings. The van der Waals surface area contributed by atoms with E-state index in [0.717, 1.165) is 0 Å². The van der Waals surface area contributed by atoms with Crippen LogP contribution < -0.4 is 10.6 Å². The van der Waals surface area contributed by atoms with E-state index in [9.17, 15) is 18.0 Å². The first-order valence-corrected chi connectivity index (χ1v) is 6.77. The molecule has 0 spiro atoms. The number of alkyl halides is 3. The van der Waals surface area contributed by atoms with E-state index < -0.39 is 24.0 Å². The summed E-state index contributed by atoms with van der Waals surface area (Å²) in [6.07, 6.45) is -3.43. The molecule has 0 aliphatic carbocycles. The van der Waals surface area contributed by atoms with E-state index in [2.05, 4.69) is 31.5 Å². The summed E-state index contributed by atoms with van der Waals surface area (Å²) in [5.74, 6) is -0.915. The van der Waals surface area contributed by atoms with Crippen LogP contribution in [0, 0.1) is 12.3 Å². The van der Waals surface area contributed by atoms with Crippen LogP contribution in [-0.2, 0) is 4.79 Å². The normalized spacial score (nSPS) is 22.9. The van der Waals surface area contributed by atoms with Crippen LogP contribution in [-0.4, -0.2) is 30.2 Å². The molecule has 8 heteroatoms. The smallest absolute Gasteiger partial charge is 0.315 e. The van der Waals surface area contributed by atoms with Gasteiger partial charge in [0.15, 0.2) is 5.41 Å². The molecule has 1 amide bonds. The van der Waals surface area contributed by atoms with Crippen molar-refractivity contribution in [2.24, 2.45) is 5.41 Å². The van der Waals surface area contributed by atoms with Crippen LogP contribution in [0.4, 0.5) is 19.0 Å². The van der Waals surface area contributed by atoms with Gasteiger partial charge in [-0.15, -0.1) is 0 Å². The number of nitrogens with zero attached hydrogens (tertiary/aromatic N) is 1. The first kappa shape index (κ1) is 15.2. The van der Waals surface area contributed by atoms with Crippen LogP contribution in [0.5, 0.6) is 0 Å². The molecule has 0 aromatic carbocycles. The highest BCUT2D eigenvalue weighted by molar-refractivity contribution is 9.10. The van der Waals surface area contributed by atoms with E-state index in [0.29, 0.717) is 10.0 Å². The summed E-state index contributed by atoms with van der Waals surface area (Å²) < 4.78 is 40.3. The summed E-state index contributed by atoms with van der Waals surface area (Å²) >= 11 is 3.21. The fourth-order valence-corrected chi connectivity index (χ4v) is 2.60. The molecular weight excluding hydrogens is 339 g/mol. The Morgan fingerprint density at radius 3 is 2.75 bits per heavy atom. The zero-order chi connectivity index (χ0) is 15.0. The van der Waals surface area contributed by atoms with Crippen molar-refractivity contribution in [3.63, 3.8) is 0 Å². The molecule has 20 heavy (non-hydrogen) atoms. The molecule has 1 aliphatic rings. The van der Waals surface area contributed by atoms with Crippen molar-refractivity contribution in [3.8, 4) is 0 Å². The molecule has 2 N–H and O–H groups in total. The first-order chi connectivity index (χ1) is 9.26. The van der Waals surface area contributed by atoms with E-state index in [1.807, 2.05) is 0 Å². The van der Waals surface area contributed by atoms with Crippen molar-refractivity contribution in [1.82, 2.24) is 10.3 Å². The topological polar surface area (TPSA) is 54.0 Å². The minimum Gasteiger partial charge on any atom is -0.315 e. The number of amides is 1. The maximum atomic E-state index is 13.2. The molecule has 110 valence electrons. The van der Waals surface area contributed by atoms with Gasteiger partial charge in [0.2, 0.25) is 5.91 Å². The highest BCUT2D eigenvalue weighted by atomic mass is 79.9. The lowest BCUT2D eigenvalue weighted by atomic mass is 9.85. The number of nitrogens with one attached hydrogen (secondary N) is 2. The lowest BCUT2D eigenvalue weighted by molar-refractivity contribution is -0.213. The quantitative estimate of drug-likeness (QED) is 0.861. The minimum atomic E-state index is -4.59. The second-order valence-corrected chi connectivity index (χ2v) is 5.70. The Labute approximate surface area is 122 Å². The molecule has 1 unspecified atom stereocenters. The maximum absolute atomic E-state index is 13.2. The number of aromatic nitrogens is 1. The average Bonchev–Trinajstić information content (AvgIpc) is 2.82. The number of carbonyl (C=O) groups is 1. The zero-order valence-corrected chi connectivity index (χ0v) is 12.2. The third-order valence-electron chi connectivity index (χ3n) is 3.41. The predicted octanol–water partition coefficient (Wildman–Crippen LogP) is 2.63. The Balaban J connectivity index is 2.26. The van der Waals surface area contributed by atoms with Gasteiger partial charge in [-0.3, -0.25) is 4.79 Å². The Morgan fingerprint density at radius 1 is 1.55 bits per heavy atom. The van der Waals surface area contributed by atoms with E-state index in [-0.39, 0.29) is 18.8 Å². The molecular formula is C12H13BrF3N3O. The fraction of sp³-hybridized carbons (Fsp3) is 0.500. The SMILES string of the molecule is Cc1cc(Br)cnc1NC(=O)C1(C(F)(F)F)CCNC1. The molecule has 4 nitrogen and oxygen atoms in total. The number of anilines is 1. The Morgan fingerprint density at radius 2 is 2.25 bits per heavy atom. The number of aryl methyl sites for hydroxylation is 1. The number of hydrogen-bond donors (Lipinski definition) is 2. The summed E-state index contributed by atoms with van der Waals surface area (Å²) in [7, 11) is 0. The number of halogens is 4. The lowest BCUT2D eigenvalue weighted by Gasteiger charge is -2.29. The summed E-state index contributed by atoms with van der Waals surface area (Å²) in [5.41, 5.74) is -1.79. The average molecular weight is 352 g/mol. The summed E-state index contributed by atoms with van der Waals surface area (Å²) in [5, 5.41) is 4.90. The molecule has 0 radical (unpaired) electrons. The standard InChI is InChI=1S/C12H13BrF3N3O/c1-7-4-8(13)5-18-9(7)19-10(20)11(12(14,15)16)2-3-17-6-11/h4-5,17H,2-3,6H2,1H3,(H,18,19,20). The molecule has 1 atom stereocenters. The third-order valence-corrected chi connectivity index (χ3v) is 3.84. The van der Waals surface area contributed by atoms with E-state index in [4.69, 9.17) is 0 Å². The van der Waals surface area contributed by atoms with Gasteiger partial charge in [-0.05, 0) is 47.4 Å². The van der Waals surface area contributed by atoms with Crippen molar-refractivity contribution in [3.05, 3.63) is 22.3 Å². The van der Waals surface area contributed by atoms with E-state index >= 15 is 0 Å². The third kappa shape index (κ3) is 2.67. The number of pyridine rings is 1. The predicted molar refractivity (Wildman–Crippen MR) is 71.3 cm³/mol. The van der Waals surface area contributed by atoms with E-state index in [1.54, 1.807) is 13.0 Å². The van der Waals surface area contributed by atoms with Crippen molar-refractivity contribution in [2.45, 2.75) is 19.5 Å². The van der Waals surface area contributed by atoms with Crippen molar-refractivity contribution < 1.29 is 18.0 Å². The lowest BCUT2D eigenvalue weighted by Crippen LogP contribution is -2.49. The van der Waals surface area contributed by atoms with E-state index in [1.165, 1.54) is 6.20 Å². The number of hydrogen-bond acceptors (Lipinski definition) is 3. The van der Waals surface area contributed by atoms with Gasteiger partial charge in [-0.1, -0.05) is 0 Å². The van der Waals surface area contributed by atoms with Gasteiger partial charge in [0.25, 0.3) is 0 Å². The Hall–Kier alpha value is -1.15. The van der Waals surface area contributed by atoms with Gasteiger partial charge in [-0.2, -0.15) is 13.2 Å². The van der Waals surface area contributed by atoms with Crippen molar-refractivity contribution in [2.75, 3.05) is 18.4 Å². The molecule has 1 aromatic rings. The highest BCUT2D eigenvalue weighted by Crippen LogP contribution is 2.43. The summed E-state index contributed by atoms with van der Waals surface area (Å²) in [4.78, 5) is 16.0. The maximum Gasteiger partial charge on any atom is 0.404 e. The minimum absolute atomic E-state index is 0.147. The molecule has 0 saturated carbocycles. The molecule has 1 aromatic heterocycles. The zero-order valence-electron chi connectivity index (χ0n) is 10.6. The second kappa shape index (κ2) is 5.33. The second-order valence-electron chi connectivity index (χ2n) is 4.78. The molecule has 2 heterocycles. The summed E-state index contributed by atoms with van der Waals surface area (Å²) in [6, 6.07) is 1.68. The molecule has 1 aliphatic heterocycles. The van der Waals surface area contributed by atoms with Gasteiger partial charge in [0.05, 0.1) is 0 Å². The summed E-state index contributed by atoms with van der Waals surface area (Å²) in [6.45, 7) is 1.43.